The van der Waals surface area contributed by atoms with Gasteiger partial charge in [0.05, 0.1) is 23.4 Å². The third kappa shape index (κ3) is 5.29. The highest BCUT2D eigenvalue weighted by molar-refractivity contribution is 7.93. The second-order valence-corrected chi connectivity index (χ2v) is 9.61. The highest BCUT2D eigenvalue weighted by atomic mass is 32.2. The molecule has 4 rings (SSSR count). The standard InChI is InChI=1S/C24H26N4O5S/c1-33-23-10-6-5-9-21(23)25-34(31,32)24-17-20(28(29)30)11-12-22(24)27-15-13-26(14-16-27)18-19-7-3-2-4-8-19/h2-12,17,25H,13-16,18H2,1H3. The SMILES string of the molecule is COc1ccccc1NS(=O)(=O)c1cc([N+](=O)[O-])ccc1N1CCN(Cc2ccccc2)CC1. The summed E-state index contributed by atoms with van der Waals surface area (Å²) in [6.07, 6.45) is 0. The van der Waals surface area contributed by atoms with E-state index in [1.807, 2.05) is 23.1 Å². The van der Waals surface area contributed by atoms with Crippen LogP contribution in [0.5, 0.6) is 5.75 Å². The summed E-state index contributed by atoms with van der Waals surface area (Å²) >= 11 is 0. The Balaban J connectivity index is 1.59. The van der Waals surface area contributed by atoms with Gasteiger partial charge in [0.15, 0.2) is 0 Å². The number of methoxy groups -OCH3 is 1. The van der Waals surface area contributed by atoms with E-state index in [2.05, 4.69) is 21.8 Å². The molecule has 0 amide bonds. The largest absolute Gasteiger partial charge is 0.495 e. The van der Waals surface area contributed by atoms with E-state index in [-0.39, 0.29) is 16.3 Å². The highest BCUT2D eigenvalue weighted by Crippen LogP contribution is 2.33. The molecular weight excluding hydrogens is 456 g/mol. The summed E-state index contributed by atoms with van der Waals surface area (Å²) in [4.78, 5) is 14.9. The van der Waals surface area contributed by atoms with Gasteiger partial charge in [0.25, 0.3) is 15.7 Å². The molecule has 0 aromatic heterocycles. The van der Waals surface area contributed by atoms with Crippen LogP contribution in [0.3, 0.4) is 0 Å². The number of benzene rings is 3. The maximum absolute atomic E-state index is 13.4. The van der Waals surface area contributed by atoms with Crippen LogP contribution in [-0.2, 0) is 16.6 Å². The summed E-state index contributed by atoms with van der Waals surface area (Å²) in [5.74, 6) is 0.354. The first kappa shape index (κ1) is 23.5. The average Bonchev–Trinajstić information content (AvgIpc) is 2.85. The zero-order valence-electron chi connectivity index (χ0n) is 18.8. The summed E-state index contributed by atoms with van der Waals surface area (Å²) in [5.41, 5.74) is 1.63. The summed E-state index contributed by atoms with van der Waals surface area (Å²) < 4.78 is 34.5. The number of non-ortho nitro benzene ring substituents is 1. The second-order valence-electron chi connectivity index (χ2n) is 7.96. The number of nitro benzene ring substituents is 1. The van der Waals surface area contributed by atoms with Crippen molar-refractivity contribution in [2.45, 2.75) is 11.4 Å². The fourth-order valence-electron chi connectivity index (χ4n) is 4.01. The molecule has 3 aromatic rings. The molecule has 1 saturated heterocycles. The minimum Gasteiger partial charge on any atom is -0.495 e. The van der Waals surface area contributed by atoms with Crippen LogP contribution >= 0.6 is 0 Å². The highest BCUT2D eigenvalue weighted by Gasteiger charge is 2.28. The Morgan fingerprint density at radius 2 is 1.65 bits per heavy atom. The molecule has 1 aliphatic rings. The Morgan fingerprint density at radius 1 is 0.971 bits per heavy atom. The molecule has 0 unspecified atom stereocenters. The molecule has 1 heterocycles. The quantitative estimate of drug-likeness (QED) is 0.385. The topological polar surface area (TPSA) is 105 Å². The van der Waals surface area contributed by atoms with Crippen LogP contribution in [0.25, 0.3) is 0 Å². The molecule has 34 heavy (non-hydrogen) atoms. The van der Waals surface area contributed by atoms with Crippen LogP contribution in [0.1, 0.15) is 5.56 Å². The van der Waals surface area contributed by atoms with E-state index in [1.54, 1.807) is 24.3 Å². The van der Waals surface area contributed by atoms with Crippen LogP contribution in [0.15, 0.2) is 77.7 Å². The number of hydrogen-bond donors (Lipinski definition) is 1. The molecule has 0 spiro atoms. The third-order valence-electron chi connectivity index (χ3n) is 5.76. The fraction of sp³-hybridized carbons (Fsp3) is 0.250. The van der Waals surface area contributed by atoms with Crippen molar-refractivity contribution in [2.24, 2.45) is 0 Å². The molecule has 1 fully saturated rings. The molecule has 3 aromatic carbocycles. The fourth-order valence-corrected chi connectivity index (χ4v) is 5.33. The minimum atomic E-state index is -4.13. The van der Waals surface area contributed by atoms with Gasteiger partial charge in [-0.1, -0.05) is 42.5 Å². The van der Waals surface area contributed by atoms with Gasteiger partial charge in [0.1, 0.15) is 10.6 Å². The Morgan fingerprint density at radius 3 is 2.32 bits per heavy atom. The summed E-state index contributed by atoms with van der Waals surface area (Å²) in [6.45, 7) is 3.50. The molecule has 0 atom stereocenters. The maximum Gasteiger partial charge on any atom is 0.270 e. The van der Waals surface area contributed by atoms with Crippen molar-refractivity contribution in [3.8, 4) is 5.75 Å². The zero-order chi connectivity index (χ0) is 24.1. The van der Waals surface area contributed by atoms with Gasteiger partial charge in [-0.05, 0) is 23.8 Å². The Labute approximate surface area is 198 Å². The van der Waals surface area contributed by atoms with E-state index in [1.165, 1.54) is 24.8 Å². The third-order valence-corrected chi connectivity index (χ3v) is 7.15. The number of rotatable bonds is 8. The maximum atomic E-state index is 13.4. The lowest BCUT2D eigenvalue weighted by Crippen LogP contribution is -2.46. The Bertz CT molecular complexity index is 1260. The normalized spacial score (nSPS) is 14.6. The number of para-hydroxylation sites is 2. The van der Waals surface area contributed by atoms with E-state index < -0.39 is 14.9 Å². The first-order valence-electron chi connectivity index (χ1n) is 10.8. The van der Waals surface area contributed by atoms with Crippen molar-refractivity contribution >= 4 is 27.1 Å². The van der Waals surface area contributed by atoms with E-state index in [0.29, 0.717) is 24.5 Å². The average molecular weight is 483 g/mol. The smallest absolute Gasteiger partial charge is 0.270 e. The first-order valence-corrected chi connectivity index (χ1v) is 12.3. The number of piperazine rings is 1. The first-order chi connectivity index (χ1) is 16.4. The van der Waals surface area contributed by atoms with Crippen LogP contribution in [0.4, 0.5) is 17.1 Å². The molecule has 10 heteroatoms. The lowest BCUT2D eigenvalue weighted by atomic mass is 10.2. The number of nitrogens with zero attached hydrogens (tertiary/aromatic N) is 3. The molecule has 9 nitrogen and oxygen atoms in total. The van der Waals surface area contributed by atoms with E-state index in [4.69, 9.17) is 4.74 Å². The van der Waals surface area contributed by atoms with Crippen LogP contribution < -0.4 is 14.4 Å². The number of nitro groups is 1. The van der Waals surface area contributed by atoms with Crippen molar-refractivity contribution in [2.75, 3.05) is 42.9 Å². The predicted octanol–water partition coefficient (Wildman–Crippen LogP) is 3.73. The van der Waals surface area contributed by atoms with E-state index >= 15 is 0 Å². The van der Waals surface area contributed by atoms with Crippen molar-refractivity contribution in [3.05, 3.63) is 88.5 Å². The van der Waals surface area contributed by atoms with Crippen molar-refractivity contribution in [1.29, 1.82) is 0 Å². The molecule has 0 bridgehead atoms. The number of hydrogen-bond acceptors (Lipinski definition) is 7. The van der Waals surface area contributed by atoms with Crippen molar-refractivity contribution in [1.82, 2.24) is 4.90 Å². The summed E-state index contributed by atoms with van der Waals surface area (Å²) in [6, 6.07) is 20.8. The molecule has 1 aliphatic heterocycles. The number of ether oxygens (including phenoxy) is 1. The van der Waals surface area contributed by atoms with Gasteiger partial charge in [-0.3, -0.25) is 19.7 Å². The van der Waals surface area contributed by atoms with Gasteiger partial charge in [-0.15, -0.1) is 0 Å². The molecule has 0 saturated carbocycles. The Hall–Kier alpha value is -3.63. The van der Waals surface area contributed by atoms with Gasteiger partial charge < -0.3 is 9.64 Å². The lowest BCUT2D eigenvalue weighted by Gasteiger charge is -2.36. The van der Waals surface area contributed by atoms with E-state index in [9.17, 15) is 18.5 Å². The zero-order valence-corrected chi connectivity index (χ0v) is 19.6. The molecule has 0 radical (unpaired) electrons. The van der Waals surface area contributed by atoms with Crippen molar-refractivity contribution < 1.29 is 18.1 Å². The van der Waals surface area contributed by atoms with Crippen LogP contribution in [0, 0.1) is 10.1 Å². The lowest BCUT2D eigenvalue weighted by molar-refractivity contribution is -0.385. The van der Waals surface area contributed by atoms with E-state index in [0.717, 1.165) is 25.7 Å². The van der Waals surface area contributed by atoms with Gasteiger partial charge in [-0.2, -0.15) is 0 Å². The number of sulfonamides is 1. The van der Waals surface area contributed by atoms with Gasteiger partial charge in [0, 0.05) is 44.9 Å². The molecular formula is C24H26N4O5S. The number of nitrogens with one attached hydrogen (secondary N) is 1. The van der Waals surface area contributed by atoms with Gasteiger partial charge in [0.2, 0.25) is 0 Å². The van der Waals surface area contributed by atoms with Gasteiger partial charge >= 0.3 is 0 Å². The molecule has 178 valence electrons. The predicted molar refractivity (Wildman–Crippen MR) is 131 cm³/mol. The summed E-state index contributed by atoms with van der Waals surface area (Å²) in [7, 11) is -2.69. The minimum absolute atomic E-state index is 0.135. The molecule has 0 aliphatic carbocycles. The number of anilines is 2. The second kappa shape index (κ2) is 10.1. The summed E-state index contributed by atoms with van der Waals surface area (Å²) in [5, 5.41) is 11.4. The van der Waals surface area contributed by atoms with Crippen LogP contribution in [0.2, 0.25) is 0 Å². The van der Waals surface area contributed by atoms with Gasteiger partial charge in [-0.25, -0.2) is 8.42 Å². The van der Waals surface area contributed by atoms with Crippen LogP contribution in [-0.4, -0.2) is 51.5 Å². The van der Waals surface area contributed by atoms with Crippen molar-refractivity contribution in [3.63, 3.8) is 0 Å². The Kier molecular flexibility index (Phi) is 6.99. The molecule has 1 N–H and O–H groups in total. The monoisotopic (exact) mass is 482 g/mol.